The minimum atomic E-state index is -0.321. The average Bonchev–Trinajstić information content (AvgIpc) is 2.30. The first-order chi connectivity index (χ1) is 8.27. The zero-order valence-electron chi connectivity index (χ0n) is 11.9. The van der Waals surface area contributed by atoms with Crippen molar-refractivity contribution in [1.29, 1.82) is 0 Å². The molecule has 0 rings (SSSR count). The van der Waals surface area contributed by atoms with Crippen LogP contribution in [0.4, 0.5) is 0 Å². The monoisotopic (exact) mass is 244 g/mol. The lowest BCUT2D eigenvalue weighted by Gasteiger charge is -2.06. The number of hydrogen-bond acceptors (Lipinski definition) is 2. The molecule has 17 heavy (non-hydrogen) atoms. The Morgan fingerprint density at radius 3 is 1.76 bits per heavy atom. The highest BCUT2D eigenvalue weighted by atomic mass is 16.5. The lowest BCUT2D eigenvalue weighted by atomic mass is 10.1. The van der Waals surface area contributed by atoms with Crippen LogP contribution in [0.15, 0.2) is 0 Å². The summed E-state index contributed by atoms with van der Waals surface area (Å²) in [5.41, 5.74) is 0. The van der Waals surface area contributed by atoms with E-state index in [1.165, 1.54) is 57.8 Å². The van der Waals surface area contributed by atoms with Gasteiger partial charge in [0, 0.05) is 6.61 Å². The van der Waals surface area contributed by atoms with Crippen molar-refractivity contribution in [3.63, 3.8) is 0 Å². The van der Waals surface area contributed by atoms with Gasteiger partial charge in [0.05, 0.1) is 12.7 Å². The van der Waals surface area contributed by atoms with Crippen LogP contribution in [0, 0.1) is 0 Å². The number of hydrogen-bond donors (Lipinski definition) is 1. The zero-order valence-corrected chi connectivity index (χ0v) is 11.9. The minimum absolute atomic E-state index is 0.321. The average molecular weight is 244 g/mol. The first-order valence-electron chi connectivity index (χ1n) is 7.53. The third-order valence-electron chi connectivity index (χ3n) is 3.00. The Labute approximate surface area is 108 Å². The highest BCUT2D eigenvalue weighted by Crippen LogP contribution is 2.10. The van der Waals surface area contributed by atoms with Crippen LogP contribution in [0.25, 0.3) is 0 Å². The second-order valence-electron chi connectivity index (χ2n) is 5.11. The predicted molar refractivity (Wildman–Crippen MR) is 74.3 cm³/mol. The molecule has 0 fully saturated rings. The molecule has 0 spiro atoms. The summed E-state index contributed by atoms with van der Waals surface area (Å²) in [6.45, 7) is 5.32. The molecular weight excluding hydrogens is 212 g/mol. The lowest BCUT2D eigenvalue weighted by molar-refractivity contribution is 0.0445. The summed E-state index contributed by atoms with van der Waals surface area (Å²) in [6, 6.07) is 0. The third kappa shape index (κ3) is 15.9. The van der Waals surface area contributed by atoms with Crippen LogP contribution in [0.1, 0.15) is 78.1 Å². The van der Waals surface area contributed by atoms with Crippen molar-refractivity contribution in [2.45, 2.75) is 84.2 Å². The van der Waals surface area contributed by atoms with E-state index in [0.717, 1.165) is 13.0 Å². The fourth-order valence-corrected chi connectivity index (χ4v) is 1.95. The van der Waals surface area contributed by atoms with E-state index >= 15 is 0 Å². The Kier molecular flexibility index (Phi) is 13.9. The van der Waals surface area contributed by atoms with Crippen molar-refractivity contribution in [3.05, 3.63) is 0 Å². The quantitative estimate of drug-likeness (QED) is 0.489. The number of unbranched alkanes of at least 4 members (excludes halogenated alkanes) is 9. The normalized spacial score (nSPS) is 12.9. The van der Waals surface area contributed by atoms with Gasteiger partial charge in [0.2, 0.25) is 0 Å². The van der Waals surface area contributed by atoms with E-state index in [4.69, 9.17) is 9.84 Å². The maximum atomic E-state index is 8.99. The summed E-state index contributed by atoms with van der Waals surface area (Å²) >= 11 is 0. The highest BCUT2D eigenvalue weighted by Gasteiger charge is 1.95. The van der Waals surface area contributed by atoms with Crippen LogP contribution >= 0.6 is 0 Å². The van der Waals surface area contributed by atoms with Crippen LogP contribution < -0.4 is 0 Å². The molecular formula is C15H32O2. The van der Waals surface area contributed by atoms with Crippen molar-refractivity contribution in [1.82, 2.24) is 0 Å². The van der Waals surface area contributed by atoms with Gasteiger partial charge < -0.3 is 9.84 Å². The third-order valence-corrected chi connectivity index (χ3v) is 3.00. The molecule has 0 aliphatic carbocycles. The molecule has 0 unspecified atom stereocenters. The zero-order chi connectivity index (χ0) is 12.8. The second kappa shape index (κ2) is 14.0. The van der Waals surface area contributed by atoms with Gasteiger partial charge in [-0.1, -0.05) is 64.7 Å². The van der Waals surface area contributed by atoms with Crippen LogP contribution in [0.3, 0.4) is 0 Å². The lowest BCUT2D eigenvalue weighted by Crippen LogP contribution is -2.10. The molecule has 0 aliphatic rings. The molecule has 0 radical (unpaired) electrons. The van der Waals surface area contributed by atoms with Crippen LogP contribution in [0.5, 0.6) is 0 Å². The number of ether oxygens (including phenoxy) is 1. The van der Waals surface area contributed by atoms with Crippen molar-refractivity contribution < 1.29 is 9.84 Å². The molecule has 0 aromatic carbocycles. The number of aliphatic hydroxyl groups excluding tert-OH is 1. The maximum absolute atomic E-state index is 8.99. The smallest absolute Gasteiger partial charge is 0.0745 e. The van der Waals surface area contributed by atoms with Gasteiger partial charge in [-0.2, -0.15) is 0 Å². The molecule has 0 saturated heterocycles. The molecule has 0 aromatic heterocycles. The Hall–Kier alpha value is -0.0800. The summed E-state index contributed by atoms with van der Waals surface area (Å²) in [6.07, 6.45) is 13.2. The van der Waals surface area contributed by atoms with Crippen LogP contribution in [-0.2, 0) is 4.74 Å². The van der Waals surface area contributed by atoms with Gasteiger partial charge in [-0.05, 0) is 13.3 Å². The molecule has 0 bridgehead atoms. The van der Waals surface area contributed by atoms with E-state index in [1.807, 2.05) is 0 Å². The van der Waals surface area contributed by atoms with Gasteiger partial charge in [-0.3, -0.25) is 0 Å². The van der Waals surface area contributed by atoms with Crippen molar-refractivity contribution in [2.24, 2.45) is 0 Å². The molecule has 2 nitrogen and oxygen atoms in total. The van der Waals surface area contributed by atoms with Crippen molar-refractivity contribution in [3.8, 4) is 0 Å². The van der Waals surface area contributed by atoms with Gasteiger partial charge in [0.1, 0.15) is 0 Å². The first-order valence-corrected chi connectivity index (χ1v) is 7.53. The van der Waals surface area contributed by atoms with E-state index in [9.17, 15) is 0 Å². The number of rotatable bonds is 13. The van der Waals surface area contributed by atoms with Gasteiger partial charge in [0.25, 0.3) is 0 Å². The maximum Gasteiger partial charge on any atom is 0.0745 e. The fraction of sp³-hybridized carbons (Fsp3) is 1.00. The molecule has 0 saturated carbocycles. The van der Waals surface area contributed by atoms with E-state index in [0.29, 0.717) is 6.61 Å². The molecule has 1 atom stereocenters. The summed E-state index contributed by atoms with van der Waals surface area (Å²) in [7, 11) is 0. The standard InChI is InChI=1S/C15H32O2/c1-3-4-5-6-7-8-9-10-11-12-13-17-14-15(2)16/h15-16H,3-14H2,1-2H3/t15-/m0/s1. The Morgan fingerprint density at radius 2 is 1.29 bits per heavy atom. The topological polar surface area (TPSA) is 29.5 Å². The van der Waals surface area contributed by atoms with E-state index in [-0.39, 0.29) is 6.10 Å². The van der Waals surface area contributed by atoms with Crippen molar-refractivity contribution in [2.75, 3.05) is 13.2 Å². The Balaban J connectivity index is 2.89. The van der Waals surface area contributed by atoms with Crippen LogP contribution in [-0.4, -0.2) is 24.4 Å². The summed E-state index contributed by atoms with van der Waals surface area (Å²) < 4.78 is 5.32. The first kappa shape index (κ1) is 16.9. The van der Waals surface area contributed by atoms with Crippen LogP contribution in [0.2, 0.25) is 0 Å². The molecule has 1 N–H and O–H groups in total. The van der Waals surface area contributed by atoms with Crippen molar-refractivity contribution >= 4 is 0 Å². The van der Waals surface area contributed by atoms with E-state index < -0.39 is 0 Å². The molecule has 0 amide bonds. The predicted octanol–water partition coefficient (Wildman–Crippen LogP) is 4.30. The largest absolute Gasteiger partial charge is 0.391 e. The van der Waals surface area contributed by atoms with E-state index in [2.05, 4.69) is 6.92 Å². The minimum Gasteiger partial charge on any atom is -0.391 e. The van der Waals surface area contributed by atoms with Gasteiger partial charge in [0.15, 0.2) is 0 Å². The molecule has 0 aromatic rings. The summed E-state index contributed by atoms with van der Waals surface area (Å²) in [4.78, 5) is 0. The van der Waals surface area contributed by atoms with Gasteiger partial charge in [-0.25, -0.2) is 0 Å². The number of aliphatic hydroxyl groups is 1. The molecule has 104 valence electrons. The second-order valence-corrected chi connectivity index (χ2v) is 5.11. The SMILES string of the molecule is CCCCCCCCCCCCOC[C@H](C)O. The van der Waals surface area contributed by atoms with E-state index in [1.54, 1.807) is 6.92 Å². The van der Waals surface area contributed by atoms with Gasteiger partial charge in [-0.15, -0.1) is 0 Å². The summed E-state index contributed by atoms with van der Waals surface area (Å²) in [5.74, 6) is 0. The Bertz CT molecular complexity index is 135. The Morgan fingerprint density at radius 1 is 0.824 bits per heavy atom. The molecule has 2 heteroatoms. The highest BCUT2D eigenvalue weighted by molar-refractivity contribution is 4.48. The molecule has 0 heterocycles. The van der Waals surface area contributed by atoms with Gasteiger partial charge >= 0.3 is 0 Å². The fourth-order valence-electron chi connectivity index (χ4n) is 1.95. The summed E-state index contributed by atoms with van der Waals surface area (Å²) in [5, 5.41) is 8.99. The molecule has 0 aliphatic heterocycles.